The highest BCUT2D eigenvalue weighted by molar-refractivity contribution is 9.10. The smallest absolute Gasteiger partial charge is 0.255 e. The number of carbonyl (C=O) groups excluding carboxylic acids is 1. The minimum absolute atomic E-state index is 0.0539. The van der Waals surface area contributed by atoms with Gasteiger partial charge in [-0.15, -0.1) is 0 Å². The normalized spacial score (nSPS) is 17.3. The van der Waals surface area contributed by atoms with Crippen molar-refractivity contribution in [3.8, 4) is 0 Å². The Kier molecular flexibility index (Phi) is 4.08. The number of ether oxygens (including phenoxy) is 1. The van der Waals surface area contributed by atoms with Crippen molar-refractivity contribution >= 4 is 38.6 Å². The molecule has 0 bridgehead atoms. The summed E-state index contributed by atoms with van der Waals surface area (Å²) in [5, 5.41) is 2.92. The van der Waals surface area contributed by atoms with Crippen molar-refractivity contribution in [1.29, 1.82) is 0 Å². The van der Waals surface area contributed by atoms with Crippen LogP contribution in [-0.2, 0) is 4.74 Å². The van der Waals surface area contributed by atoms with Crippen LogP contribution in [0.1, 0.15) is 35.1 Å². The lowest BCUT2D eigenvalue weighted by atomic mass is 10.2. The monoisotopic (exact) mass is 385 g/mol. The highest BCUT2D eigenvalue weighted by atomic mass is 79.9. The van der Waals surface area contributed by atoms with E-state index in [1.54, 1.807) is 12.1 Å². The van der Waals surface area contributed by atoms with Gasteiger partial charge in [0.05, 0.1) is 11.0 Å². The summed E-state index contributed by atoms with van der Waals surface area (Å²) in [4.78, 5) is 20.2. The molecule has 2 aromatic carbocycles. The standard InChI is InChI=1S/C18H16BrN3O2/c19-12-5-3-11(4-6-12)18(23)20-13-7-8-14-15(10-13)22-17(21-14)16-2-1-9-24-16/h3-8,10,16H,1-2,9H2,(H,20,23)(H,21,22)/t16-/m0/s1. The molecule has 6 heteroatoms. The van der Waals surface area contributed by atoms with Crippen LogP contribution in [0, 0.1) is 0 Å². The molecular formula is C18H16BrN3O2. The van der Waals surface area contributed by atoms with Crippen molar-refractivity contribution < 1.29 is 9.53 Å². The van der Waals surface area contributed by atoms with E-state index in [1.165, 1.54) is 0 Å². The summed E-state index contributed by atoms with van der Waals surface area (Å²) < 4.78 is 6.61. The van der Waals surface area contributed by atoms with E-state index in [0.717, 1.165) is 46.5 Å². The molecule has 3 aromatic rings. The summed E-state index contributed by atoms with van der Waals surface area (Å²) in [6.07, 6.45) is 2.11. The number of H-pyrrole nitrogens is 1. The fourth-order valence-corrected chi connectivity index (χ4v) is 3.12. The Morgan fingerprint density at radius 3 is 2.83 bits per heavy atom. The number of fused-ring (bicyclic) bond motifs is 1. The zero-order valence-corrected chi connectivity index (χ0v) is 14.5. The minimum Gasteiger partial charge on any atom is -0.370 e. The first-order valence-corrected chi connectivity index (χ1v) is 8.66. The molecule has 24 heavy (non-hydrogen) atoms. The van der Waals surface area contributed by atoms with Crippen molar-refractivity contribution in [3.63, 3.8) is 0 Å². The predicted octanol–water partition coefficient (Wildman–Crippen LogP) is 4.43. The van der Waals surface area contributed by atoms with E-state index in [2.05, 4.69) is 31.2 Å². The number of aromatic nitrogens is 2. The van der Waals surface area contributed by atoms with E-state index in [4.69, 9.17) is 4.74 Å². The number of benzene rings is 2. The summed E-state index contributed by atoms with van der Waals surface area (Å²) in [6, 6.07) is 12.9. The van der Waals surface area contributed by atoms with E-state index in [0.29, 0.717) is 5.56 Å². The van der Waals surface area contributed by atoms with E-state index in [1.807, 2.05) is 30.3 Å². The van der Waals surface area contributed by atoms with Gasteiger partial charge in [0.15, 0.2) is 0 Å². The van der Waals surface area contributed by atoms with E-state index < -0.39 is 0 Å². The number of imidazole rings is 1. The molecule has 0 unspecified atom stereocenters. The van der Waals surface area contributed by atoms with Crippen molar-refractivity contribution in [2.75, 3.05) is 11.9 Å². The van der Waals surface area contributed by atoms with Gasteiger partial charge in [-0.2, -0.15) is 0 Å². The summed E-state index contributed by atoms with van der Waals surface area (Å²) in [5.74, 6) is 0.722. The number of anilines is 1. The summed E-state index contributed by atoms with van der Waals surface area (Å²) in [5.41, 5.74) is 3.12. The topological polar surface area (TPSA) is 67.0 Å². The molecule has 0 spiro atoms. The molecule has 1 fully saturated rings. The molecule has 1 saturated heterocycles. The van der Waals surface area contributed by atoms with E-state index in [-0.39, 0.29) is 12.0 Å². The van der Waals surface area contributed by atoms with Gasteiger partial charge in [0, 0.05) is 22.3 Å². The predicted molar refractivity (Wildman–Crippen MR) is 96.1 cm³/mol. The first kappa shape index (κ1) is 15.4. The zero-order valence-electron chi connectivity index (χ0n) is 12.9. The Morgan fingerprint density at radius 2 is 2.08 bits per heavy atom. The van der Waals surface area contributed by atoms with Crippen LogP contribution in [0.2, 0.25) is 0 Å². The molecular weight excluding hydrogens is 370 g/mol. The molecule has 2 N–H and O–H groups in total. The van der Waals surface area contributed by atoms with Gasteiger partial charge < -0.3 is 15.0 Å². The van der Waals surface area contributed by atoms with Crippen LogP contribution in [0.4, 0.5) is 5.69 Å². The molecule has 5 nitrogen and oxygen atoms in total. The fraction of sp³-hybridized carbons (Fsp3) is 0.222. The van der Waals surface area contributed by atoms with Crippen LogP contribution in [0.25, 0.3) is 11.0 Å². The molecule has 1 aliphatic heterocycles. The first-order valence-electron chi connectivity index (χ1n) is 7.87. The summed E-state index contributed by atoms with van der Waals surface area (Å²) in [6.45, 7) is 0.788. The number of hydrogen-bond donors (Lipinski definition) is 2. The van der Waals surface area contributed by atoms with Crippen LogP contribution < -0.4 is 5.32 Å². The lowest BCUT2D eigenvalue weighted by Crippen LogP contribution is -2.11. The second kappa shape index (κ2) is 6.37. The number of rotatable bonds is 3. The van der Waals surface area contributed by atoms with Crippen LogP contribution in [-0.4, -0.2) is 22.5 Å². The number of nitrogens with zero attached hydrogens (tertiary/aromatic N) is 1. The average Bonchev–Trinajstić information content (AvgIpc) is 3.24. The summed E-state index contributed by atoms with van der Waals surface area (Å²) >= 11 is 3.37. The number of halogens is 1. The van der Waals surface area contributed by atoms with Crippen LogP contribution >= 0.6 is 15.9 Å². The zero-order chi connectivity index (χ0) is 16.5. The molecule has 122 valence electrons. The lowest BCUT2D eigenvalue weighted by Gasteiger charge is -2.05. The Bertz CT molecular complexity index is 883. The minimum atomic E-state index is -0.138. The quantitative estimate of drug-likeness (QED) is 0.700. The molecule has 0 saturated carbocycles. The Hall–Kier alpha value is -2.18. The van der Waals surface area contributed by atoms with E-state index in [9.17, 15) is 4.79 Å². The second-order valence-corrected chi connectivity index (χ2v) is 6.73. The van der Waals surface area contributed by atoms with Gasteiger partial charge in [-0.3, -0.25) is 4.79 Å². The van der Waals surface area contributed by atoms with Gasteiger partial charge in [0.1, 0.15) is 11.9 Å². The maximum absolute atomic E-state index is 12.3. The van der Waals surface area contributed by atoms with Crippen LogP contribution in [0.5, 0.6) is 0 Å². The van der Waals surface area contributed by atoms with Crippen molar-refractivity contribution in [2.24, 2.45) is 0 Å². The molecule has 1 amide bonds. The number of aromatic amines is 1. The molecule has 0 aliphatic carbocycles. The third-order valence-corrected chi connectivity index (χ3v) is 4.63. The van der Waals surface area contributed by atoms with E-state index >= 15 is 0 Å². The number of hydrogen-bond acceptors (Lipinski definition) is 3. The molecule has 4 rings (SSSR count). The third-order valence-electron chi connectivity index (χ3n) is 4.10. The number of amides is 1. The van der Waals surface area contributed by atoms with Crippen molar-refractivity contribution in [3.05, 3.63) is 58.3 Å². The van der Waals surface area contributed by atoms with Gasteiger partial charge in [-0.1, -0.05) is 15.9 Å². The Labute approximate surface area is 147 Å². The van der Waals surface area contributed by atoms with Gasteiger partial charge in [0.2, 0.25) is 0 Å². The molecule has 0 radical (unpaired) electrons. The maximum Gasteiger partial charge on any atom is 0.255 e. The molecule has 1 aliphatic rings. The average molecular weight is 386 g/mol. The SMILES string of the molecule is O=C(Nc1ccc2nc([C@@H]3CCCO3)[nH]c2c1)c1ccc(Br)cc1. The van der Waals surface area contributed by atoms with Gasteiger partial charge in [0.25, 0.3) is 5.91 Å². The first-order chi connectivity index (χ1) is 11.7. The number of carbonyl (C=O) groups is 1. The lowest BCUT2D eigenvalue weighted by molar-refractivity contribution is 0.102. The highest BCUT2D eigenvalue weighted by Gasteiger charge is 2.21. The third kappa shape index (κ3) is 3.07. The maximum atomic E-state index is 12.3. The molecule has 1 atom stereocenters. The Morgan fingerprint density at radius 1 is 1.25 bits per heavy atom. The van der Waals surface area contributed by atoms with Crippen LogP contribution in [0.3, 0.4) is 0 Å². The fourth-order valence-electron chi connectivity index (χ4n) is 2.86. The van der Waals surface area contributed by atoms with Gasteiger partial charge in [-0.05, 0) is 55.3 Å². The van der Waals surface area contributed by atoms with Crippen molar-refractivity contribution in [1.82, 2.24) is 9.97 Å². The van der Waals surface area contributed by atoms with Gasteiger partial charge in [-0.25, -0.2) is 4.98 Å². The largest absolute Gasteiger partial charge is 0.370 e. The van der Waals surface area contributed by atoms with Gasteiger partial charge >= 0.3 is 0 Å². The Balaban J connectivity index is 1.55. The highest BCUT2D eigenvalue weighted by Crippen LogP contribution is 2.28. The number of nitrogens with one attached hydrogen (secondary N) is 2. The van der Waals surface area contributed by atoms with Crippen molar-refractivity contribution in [2.45, 2.75) is 18.9 Å². The molecule has 1 aromatic heterocycles. The van der Waals surface area contributed by atoms with Crippen LogP contribution in [0.15, 0.2) is 46.9 Å². The second-order valence-electron chi connectivity index (χ2n) is 5.82. The summed E-state index contributed by atoms with van der Waals surface area (Å²) in [7, 11) is 0. The molecule has 2 heterocycles.